The van der Waals surface area contributed by atoms with Crippen LogP contribution in [0.4, 0.5) is 0 Å². The maximum absolute atomic E-state index is 2.79. The molecule has 2 aliphatic rings. The zero-order valence-electron chi connectivity index (χ0n) is 10.1. The molecule has 1 aromatic rings. The van der Waals surface area contributed by atoms with Gasteiger partial charge in [0.2, 0.25) is 0 Å². The van der Waals surface area contributed by atoms with E-state index in [9.17, 15) is 0 Å². The van der Waals surface area contributed by atoms with Gasteiger partial charge in [0.15, 0.2) is 0 Å². The number of rotatable bonds is 2. The Labute approximate surface area is 98.5 Å². The van der Waals surface area contributed by atoms with Gasteiger partial charge in [-0.3, -0.25) is 4.90 Å². The molecule has 0 spiro atoms. The Balaban J connectivity index is 1.83. The van der Waals surface area contributed by atoms with E-state index >= 15 is 0 Å². The van der Waals surface area contributed by atoms with Crippen molar-refractivity contribution in [2.75, 3.05) is 0 Å². The highest BCUT2D eigenvalue weighted by molar-refractivity contribution is 5.19. The monoisotopic (exact) mass is 215 g/mol. The summed E-state index contributed by atoms with van der Waals surface area (Å²) in [4.78, 5) is 2.79. The number of nitrogens with zero attached hydrogens (tertiary/aromatic N) is 1. The largest absolute Gasteiger partial charge is 0.291 e. The second-order valence-corrected chi connectivity index (χ2v) is 5.35. The maximum Gasteiger partial charge on any atom is 0.0325 e. The van der Waals surface area contributed by atoms with Crippen molar-refractivity contribution in [2.24, 2.45) is 0 Å². The van der Waals surface area contributed by atoms with Crippen molar-refractivity contribution in [1.82, 2.24) is 4.90 Å². The van der Waals surface area contributed by atoms with E-state index in [1.54, 1.807) is 0 Å². The minimum absolute atomic E-state index is 0.610. The van der Waals surface area contributed by atoms with Gasteiger partial charge in [-0.25, -0.2) is 0 Å². The Morgan fingerprint density at radius 3 is 2.25 bits per heavy atom. The molecule has 2 heterocycles. The van der Waals surface area contributed by atoms with E-state index in [-0.39, 0.29) is 0 Å². The summed E-state index contributed by atoms with van der Waals surface area (Å²) < 4.78 is 0. The van der Waals surface area contributed by atoms with E-state index in [2.05, 4.69) is 42.2 Å². The predicted molar refractivity (Wildman–Crippen MR) is 67.4 cm³/mol. The van der Waals surface area contributed by atoms with Gasteiger partial charge < -0.3 is 0 Å². The van der Waals surface area contributed by atoms with Crippen LogP contribution < -0.4 is 0 Å². The van der Waals surface area contributed by atoms with Gasteiger partial charge in [0.25, 0.3) is 0 Å². The summed E-state index contributed by atoms with van der Waals surface area (Å²) >= 11 is 0. The van der Waals surface area contributed by atoms with Crippen molar-refractivity contribution in [3.63, 3.8) is 0 Å². The molecule has 2 aliphatic heterocycles. The Morgan fingerprint density at radius 2 is 1.62 bits per heavy atom. The maximum atomic E-state index is 2.79. The van der Waals surface area contributed by atoms with Crippen molar-refractivity contribution < 1.29 is 0 Å². The second kappa shape index (κ2) is 4.21. The molecule has 86 valence electrons. The summed E-state index contributed by atoms with van der Waals surface area (Å²) in [6.45, 7) is 2.38. The quantitative estimate of drug-likeness (QED) is 0.726. The van der Waals surface area contributed by atoms with Gasteiger partial charge >= 0.3 is 0 Å². The van der Waals surface area contributed by atoms with Crippen LogP contribution in [0.3, 0.4) is 0 Å². The zero-order valence-corrected chi connectivity index (χ0v) is 10.1. The predicted octanol–water partition coefficient (Wildman–Crippen LogP) is 3.76. The van der Waals surface area contributed by atoms with E-state index < -0.39 is 0 Å². The molecule has 0 amide bonds. The Hall–Kier alpha value is -0.820. The molecule has 1 aromatic carbocycles. The van der Waals surface area contributed by atoms with Crippen molar-refractivity contribution in [3.8, 4) is 0 Å². The van der Waals surface area contributed by atoms with Crippen LogP contribution in [0.2, 0.25) is 0 Å². The lowest BCUT2D eigenvalue weighted by Crippen LogP contribution is -2.41. The normalized spacial score (nSPS) is 31.6. The van der Waals surface area contributed by atoms with Crippen molar-refractivity contribution >= 4 is 0 Å². The lowest BCUT2D eigenvalue weighted by molar-refractivity contribution is 0.0952. The van der Waals surface area contributed by atoms with Gasteiger partial charge in [0.1, 0.15) is 0 Å². The standard InChI is InChI=1S/C15H21N/c1-12(13-6-3-2-4-7-13)16-14-8-5-9-15(16)11-10-14/h2-4,6-7,12,14-15H,5,8-11H2,1H3. The third kappa shape index (κ3) is 1.67. The highest BCUT2D eigenvalue weighted by Gasteiger charge is 2.39. The van der Waals surface area contributed by atoms with Crippen LogP contribution >= 0.6 is 0 Å². The third-order valence-electron chi connectivity index (χ3n) is 4.48. The lowest BCUT2D eigenvalue weighted by Gasteiger charge is -2.39. The van der Waals surface area contributed by atoms with E-state index in [1.165, 1.54) is 37.7 Å². The van der Waals surface area contributed by atoms with Crippen LogP contribution in [0, 0.1) is 0 Å². The Morgan fingerprint density at radius 1 is 1.00 bits per heavy atom. The van der Waals surface area contributed by atoms with Gasteiger partial charge in [0, 0.05) is 18.1 Å². The minimum Gasteiger partial charge on any atom is -0.291 e. The highest BCUT2D eigenvalue weighted by atomic mass is 15.2. The second-order valence-electron chi connectivity index (χ2n) is 5.35. The molecule has 1 heteroatoms. The summed E-state index contributed by atoms with van der Waals surface area (Å²) in [6, 6.07) is 13.3. The van der Waals surface area contributed by atoms with Gasteiger partial charge in [-0.1, -0.05) is 36.8 Å². The van der Waals surface area contributed by atoms with E-state index in [0.29, 0.717) is 6.04 Å². The number of hydrogen-bond acceptors (Lipinski definition) is 1. The molecule has 2 bridgehead atoms. The first-order valence-corrected chi connectivity index (χ1v) is 6.68. The summed E-state index contributed by atoms with van der Waals surface area (Å²) in [6.07, 6.45) is 7.17. The Bertz CT molecular complexity index is 330. The van der Waals surface area contributed by atoms with Crippen LogP contribution in [0.1, 0.15) is 50.6 Å². The van der Waals surface area contributed by atoms with Crippen LogP contribution in [-0.4, -0.2) is 17.0 Å². The van der Waals surface area contributed by atoms with E-state index in [1.807, 2.05) is 0 Å². The van der Waals surface area contributed by atoms with Crippen LogP contribution in [-0.2, 0) is 0 Å². The molecule has 0 aromatic heterocycles. The molecule has 1 nitrogen and oxygen atoms in total. The topological polar surface area (TPSA) is 3.24 Å². The molecule has 2 saturated heterocycles. The molecule has 3 rings (SSSR count). The average Bonchev–Trinajstić information content (AvgIpc) is 2.59. The summed E-state index contributed by atoms with van der Waals surface area (Å²) in [5.74, 6) is 0. The molecule has 0 aliphatic carbocycles. The van der Waals surface area contributed by atoms with Gasteiger partial charge in [-0.15, -0.1) is 0 Å². The van der Waals surface area contributed by atoms with E-state index in [0.717, 1.165) is 12.1 Å². The van der Waals surface area contributed by atoms with Crippen LogP contribution in [0.15, 0.2) is 30.3 Å². The molecule has 0 N–H and O–H groups in total. The van der Waals surface area contributed by atoms with Crippen molar-refractivity contribution in [1.29, 1.82) is 0 Å². The number of hydrogen-bond donors (Lipinski definition) is 0. The highest BCUT2D eigenvalue weighted by Crippen LogP contribution is 2.41. The fraction of sp³-hybridized carbons (Fsp3) is 0.600. The average molecular weight is 215 g/mol. The summed E-state index contributed by atoms with van der Waals surface area (Å²) in [5, 5.41) is 0. The fourth-order valence-corrected chi connectivity index (χ4v) is 3.69. The van der Waals surface area contributed by atoms with Gasteiger partial charge in [0.05, 0.1) is 0 Å². The first-order chi connectivity index (χ1) is 7.86. The Kier molecular flexibility index (Phi) is 2.72. The lowest BCUT2D eigenvalue weighted by atomic mass is 9.97. The molecule has 16 heavy (non-hydrogen) atoms. The number of benzene rings is 1. The van der Waals surface area contributed by atoms with Crippen molar-refractivity contribution in [2.45, 2.75) is 57.2 Å². The van der Waals surface area contributed by atoms with Crippen LogP contribution in [0.25, 0.3) is 0 Å². The molecular weight excluding hydrogens is 194 g/mol. The zero-order chi connectivity index (χ0) is 11.0. The molecule has 2 fully saturated rings. The molecule has 0 saturated carbocycles. The minimum atomic E-state index is 0.610. The summed E-state index contributed by atoms with van der Waals surface area (Å²) in [5.41, 5.74) is 1.49. The van der Waals surface area contributed by atoms with Gasteiger partial charge in [-0.05, 0) is 38.2 Å². The SMILES string of the molecule is CC(c1ccccc1)N1C2CCCC1CC2. The smallest absolute Gasteiger partial charge is 0.0325 e. The molecule has 3 unspecified atom stereocenters. The first-order valence-electron chi connectivity index (χ1n) is 6.68. The number of fused-ring (bicyclic) bond motifs is 2. The van der Waals surface area contributed by atoms with E-state index in [4.69, 9.17) is 0 Å². The molecule has 0 radical (unpaired) electrons. The summed E-state index contributed by atoms with van der Waals surface area (Å²) in [7, 11) is 0. The van der Waals surface area contributed by atoms with Crippen LogP contribution in [0.5, 0.6) is 0 Å². The number of piperidine rings is 1. The van der Waals surface area contributed by atoms with Crippen molar-refractivity contribution in [3.05, 3.63) is 35.9 Å². The first kappa shape index (κ1) is 10.3. The molecule has 3 atom stereocenters. The third-order valence-corrected chi connectivity index (χ3v) is 4.48. The van der Waals surface area contributed by atoms with Gasteiger partial charge in [-0.2, -0.15) is 0 Å². The molecular formula is C15H21N. The fourth-order valence-electron chi connectivity index (χ4n) is 3.69.